The van der Waals surface area contributed by atoms with Gasteiger partial charge in [-0.3, -0.25) is 15.6 Å². The van der Waals surface area contributed by atoms with Crippen molar-refractivity contribution >= 4 is 30.2 Å². The summed E-state index contributed by atoms with van der Waals surface area (Å²) >= 11 is 0. The molecule has 0 saturated carbocycles. The summed E-state index contributed by atoms with van der Waals surface area (Å²) in [4.78, 5) is 52.1. The van der Waals surface area contributed by atoms with Crippen molar-refractivity contribution in [2.24, 2.45) is 10.9 Å². The molecule has 0 aliphatic heterocycles. The Morgan fingerprint density at radius 1 is 0.750 bits per heavy atom. The number of nitrogens with zero attached hydrogens (tertiary/aromatic N) is 1. The van der Waals surface area contributed by atoms with Crippen molar-refractivity contribution in [3.05, 3.63) is 0 Å². The first kappa shape index (κ1) is 33.0. The van der Waals surface area contributed by atoms with E-state index in [-0.39, 0.29) is 18.4 Å². The van der Waals surface area contributed by atoms with Gasteiger partial charge in [0.1, 0.15) is 22.8 Å². The molecule has 12 heteroatoms. The number of ether oxygens (including phenoxy) is 3. The quantitative estimate of drug-likeness (QED) is 0.161. The number of guanidine groups is 1. The van der Waals surface area contributed by atoms with E-state index < -0.39 is 47.1 Å². The summed E-state index contributed by atoms with van der Waals surface area (Å²) in [5, 5.41) is 16.7. The van der Waals surface area contributed by atoms with Crippen LogP contribution in [0, 0.1) is 5.92 Å². The second-order valence-electron chi connectivity index (χ2n) is 11.4. The second-order valence-corrected chi connectivity index (χ2v) is 11.4. The highest BCUT2D eigenvalue weighted by Gasteiger charge is 2.28. The summed E-state index contributed by atoms with van der Waals surface area (Å²) in [5.74, 6) is -1.66. The summed E-state index contributed by atoms with van der Waals surface area (Å²) in [5.41, 5.74) is -2.23. The number of carboxylic acids is 1. The number of aliphatic carboxylic acids is 1. The maximum Gasteiger partial charge on any atom is 0.414 e. The third-order valence-electron chi connectivity index (χ3n) is 4.08. The number of carboxylic acid groups (broad SMARTS) is 1. The van der Waals surface area contributed by atoms with Gasteiger partial charge in [-0.2, -0.15) is 0 Å². The van der Waals surface area contributed by atoms with E-state index in [1.165, 1.54) is 0 Å². The number of amides is 3. The topological polar surface area (TPSA) is 165 Å². The average Bonchev–Trinajstić information content (AvgIpc) is 2.60. The highest BCUT2D eigenvalue weighted by molar-refractivity contribution is 6.01. The minimum absolute atomic E-state index is 0.124. The van der Waals surface area contributed by atoms with Gasteiger partial charge in [-0.25, -0.2) is 19.2 Å². The molecule has 0 heterocycles. The molecule has 0 fully saturated rings. The van der Waals surface area contributed by atoms with Crippen LogP contribution in [0.15, 0.2) is 4.99 Å². The molecule has 0 rings (SSSR count). The van der Waals surface area contributed by atoms with Crippen molar-refractivity contribution in [1.29, 1.82) is 0 Å². The van der Waals surface area contributed by atoms with Crippen LogP contribution in [0.4, 0.5) is 14.4 Å². The average molecular weight is 517 g/mol. The molecule has 0 saturated heterocycles. The Morgan fingerprint density at radius 3 is 1.56 bits per heavy atom. The van der Waals surface area contributed by atoms with Crippen LogP contribution in [0.3, 0.4) is 0 Å². The van der Waals surface area contributed by atoms with Crippen LogP contribution < -0.4 is 16.0 Å². The van der Waals surface area contributed by atoms with Gasteiger partial charge in [0.05, 0.1) is 0 Å². The number of hydrogen-bond donors (Lipinski definition) is 4. The van der Waals surface area contributed by atoms with Gasteiger partial charge >= 0.3 is 24.2 Å². The molecule has 0 spiro atoms. The Bertz CT molecular complexity index is 759. The monoisotopic (exact) mass is 516 g/mol. The van der Waals surface area contributed by atoms with E-state index in [0.717, 1.165) is 0 Å². The van der Waals surface area contributed by atoms with Gasteiger partial charge in [0.15, 0.2) is 0 Å². The standard InChI is InChI=1S/C24H44N4O8/c1-15(16(17(29)30)26-19(31)34-22(2,3)4)13-11-12-14-25-18(27-20(32)35-23(5,6)7)28-21(33)36-24(8,9)10/h15-16H,11-14H2,1-10H3,(H,26,31)(H,29,30)(H2,25,27,28,32,33)/t15?,16-/m0/s1. The highest BCUT2D eigenvalue weighted by Crippen LogP contribution is 2.15. The Hall–Kier alpha value is -3.05. The smallest absolute Gasteiger partial charge is 0.414 e. The lowest BCUT2D eigenvalue weighted by atomic mass is 9.96. The van der Waals surface area contributed by atoms with Gasteiger partial charge in [-0.1, -0.05) is 13.3 Å². The SMILES string of the molecule is CC(CCCCN=C(NC(=O)OC(C)(C)C)NC(=O)OC(C)(C)C)[C@H](NC(=O)OC(C)(C)C)C(=O)O. The van der Waals surface area contributed by atoms with E-state index in [1.54, 1.807) is 69.2 Å². The van der Waals surface area contributed by atoms with E-state index in [0.29, 0.717) is 19.3 Å². The molecule has 0 radical (unpaired) electrons. The number of unbranched alkanes of at least 4 members (excludes halogenated alkanes) is 1. The van der Waals surface area contributed by atoms with Crippen LogP contribution in [0.25, 0.3) is 0 Å². The number of nitrogens with one attached hydrogen (secondary N) is 3. The maximum absolute atomic E-state index is 12.1. The molecule has 0 bridgehead atoms. The molecule has 1 unspecified atom stereocenters. The van der Waals surface area contributed by atoms with Crippen LogP contribution in [0.1, 0.15) is 88.5 Å². The largest absolute Gasteiger partial charge is 0.480 e. The summed E-state index contributed by atoms with van der Waals surface area (Å²) < 4.78 is 15.5. The molecule has 0 aliphatic carbocycles. The maximum atomic E-state index is 12.1. The van der Waals surface area contributed by atoms with Crippen LogP contribution in [-0.2, 0) is 19.0 Å². The van der Waals surface area contributed by atoms with Crippen LogP contribution in [0.5, 0.6) is 0 Å². The Labute approximate surface area is 213 Å². The van der Waals surface area contributed by atoms with Crippen molar-refractivity contribution in [2.75, 3.05) is 6.54 Å². The molecule has 0 aromatic carbocycles. The lowest BCUT2D eigenvalue weighted by molar-refractivity contribution is -0.140. The zero-order valence-electron chi connectivity index (χ0n) is 23.2. The summed E-state index contributed by atoms with van der Waals surface area (Å²) in [6, 6.07) is -1.11. The molecule has 4 N–H and O–H groups in total. The van der Waals surface area contributed by atoms with Crippen molar-refractivity contribution in [1.82, 2.24) is 16.0 Å². The van der Waals surface area contributed by atoms with Gasteiger partial charge < -0.3 is 24.6 Å². The van der Waals surface area contributed by atoms with Gasteiger partial charge in [0, 0.05) is 6.54 Å². The number of carbonyl (C=O) groups is 4. The second kappa shape index (κ2) is 13.9. The third-order valence-corrected chi connectivity index (χ3v) is 4.08. The number of rotatable bonds is 8. The molecule has 36 heavy (non-hydrogen) atoms. The molecule has 0 aliphatic rings. The molecule has 208 valence electrons. The number of carbonyl (C=O) groups excluding carboxylic acids is 3. The van der Waals surface area contributed by atoms with E-state index in [4.69, 9.17) is 14.2 Å². The zero-order valence-corrected chi connectivity index (χ0v) is 23.2. The summed E-state index contributed by atoms with van der Waals surface area (Å²) in [6.07, 6.45) is -0.782. The van der Waals surface area contributed by atoms with E-state index >= 15 is 0 Å². The Balaban J connectivity index is 5.00. The predicted molar refractivity (Wildman–Crippen MR) is 135 cm³/mol. The first-order valence-electron chi connectivity index (χ1n) is 12.0. The van der Waals surface area contributed by atoms with Gasteiger partial charge in [0.2, 0.25) is 5.96 Å². The lowest BCUT2D eigenvalue weighted by Crippen LogP contribution is -2.47. The number of aliphatic imine (C=N–C) groups is 1. The number of alkyl carbamates (subject to hydrolysis) is 3. The highest BCUT2D eigenvalue weighted by atomic mass is 16.6. The Kier molecular flexibility index (Phi) is 12.7. The summed E-state index contributed by atoms with van der Waals surface area (Å²) in [6.45, 7) is 17.2. The molecular formula is C24H44N4O8. The minimum Gasteiger partial charge on any atom is -0.480 e. The Morgan fingerprint density at radius 2 is 1.17 bits per heavy atom. The predicted octanol–water partition coefficient (Wildman–Crippen LogP) is 4.18. The van der Waals surface area contributed by atoms with Crippen molar-refractivity contribution in [3.8, 4) is 0 Å². The first-order chi connectivity index (χ1) is 16.2. The minimum atomic E-state index is -1.16. The van der Waals surface area contributed by atoms with Crippen LogP contribution in [0.2, 0.25) is 0 Å². The third kappa shape index (κ3) is 17.4. The molecule has 0 aromatic heterocycles. The first-order valence-corrected chi connectivity index (χ1v) is 12.0. The van der Waals surface area contributed by atoms with Crippen molar-refractivity contribution in [3.63, 3.8) is 0 Å². The van der Waals surface area contributed by atoms with Crippen molar-refractivity contribution < 1.29 is 38.5 Å². The molecule has 12 nitrogen and oxygen atoms in total. The fraction of sp³-hybridized carbons (Fsp3) is 0.792. The van der Waals surface area contributed by atoms with Crippen LogP contribution in [-0.4, -0.2) is 64.7 Å². The molecule has 2 atom stereocenters. The molecule has 0 aromatic rings. The van der Waals surface area contributed by atoms with Crippen LogP contribution >= 0.6 is 0 Å². The van der Waals surface area contributed by atoms with Gasteiger partial charge in [-0.15, -0.1) is 0 Å². The van der Waals surface area contributed by atoms with E-state index in [2.05, 4.69) is 20.9 Å². The van der Waals surface area contributed by atoms with Crippen molar-refractivity contribution in [2.45, 2.75) is 111 Å². The van der Waals surface area contributed by atoms with E-state index in [1.807, 2.05) is 0 Å². The van der Waals surface area contributed by atoms with Gasteiger partial charge in [-0.05, 0) is 81.1 Å². The normalized spacial score (nSPS) is 13.5. The molecular weight excluding hydrogens is 472 g/mol. The fourth-order valence-corrected chi connectivity index (χ4v) is 2.73. The molecule has 3 amide bonds. The lowest BCUT2D eigenvalue weighted by Gasteiger charge is -2.25. The number of hydrogen-bond acceptors (Lipinski definition) is 8. The summed E-state index contributed by atoms with van der Waals surface area (Å²) in [7, 11) is 0. The fourth-order valence-electron chi connectivity index (χ4n) is 2.73. The zero-order chi connectivity index (χ0) is 28.3. The van der Waals surface area contributed by atoms with E-state index in [9.17, 15) is 24.3 Å². The van der Waals surface area contributed by atoms with Gasteiger partial charge in [0.25, 0.3) is 0 Å².